The largest absolute Gasteiger partial charge is 0.490 e. The van der Waals surface area contributed by atoms with Crippen LogP contribution < -0.4 is 15.0 Å². The second kappa shape index (κ2) is 11.7. The highest BCUT2D eigenvalue weighted by Gasteiger charge is 2.51. The summed E-state index contributed by atoms with van der Waals surface area (Å²) in [5.74, 6) is 0.541. The molecule has 1 N–H and O–H groups in total. The molecular weight excluding hydrogens is 532 g/mol. The van der Waals surface area contributed by atoms with Gasteiger partial charge in [-0.05, 0) is 28.8 Å². The van der Waals surface area contributed by atoms with Gasteiger partial charge in [0.25, 0.3) is 0 Å². The van der Waals surface area contributed by atoms with Crippen LogP contribution in [-0.4, -0.2) is 90.2 Å². The molecule has 218 valence electrons. The first kappa shape index (κ1) is 27.6. The molecule has 0 saturated carbocycles. The molecule has 6 rings (SSSR count). The number of nitrogens with zero attached hydrogens (tertiary/aromatic N) is 5. The molecule has 3 aromatic carbocycles. The van der Waals surface area contributed by atoms with Crippen LogP contribution in [0.1, 0.15) is 16.7 Å². The normalized spacial score (nSPS) is 20.2. The molecule has 0 spiro atoms. The highest BCUT2D eigenvalue weighted by molar-refractivity contribution is 5.91. The number of carbonyl (C=O) groups is 3. The third kappa shape index (κ3) is 5.49. The molecule has 3 aliphatic rings. The van der Waals surface area contributed by atoms with Crippen molar-refractivity contribution in [3.05, 3.63) is 95.6 Å². The number of nitrogens with one attached hydrogen (secondary N) is 1. The number of amides is 4. The van der Waals surface area contributed by atoms with Gasteiger partial charge in [-0.25, -0.2) is 4.79 Å². The van der Waals surface area contributed by atoms with Crippen molar-refractivity contribution in [2.75, 3.05) is 45.2 Å². The van der Waals surface area contributed by atoms with Crippen LogP contribution in [-0.2, 0) is 29.1 Å². The minimum Gasteiger partial charge on any atom is -0.490 e. The molecule has 10 heteroatoms. The second-order valence-corrected chi connectivity index (χ2v) is 11.0. The molecule has 0 bridgehead atoms. The molecule has 4 amide bonds. The van der Waals surface area contributed by atoms with Crippen LogP contribution in [0.5, 0.6) is 5.75 Å². The van der Waals surface area contributed by atoms with Crippen LogP contribution in [0.3, 0.4) is 0 Å². The fraction of sp³-hybridized carbons (Fsp3) is 0.344. The van der Waals surface area contributed by atoms with Gasteiger partial charge < -0.3 is 24.8 Å². The fourth-order valence-corrected chi connectivity index (χ4v) is 6.01. The van der Waals surface area contributed by atoms with Gasteiger partial charge >= 0.3 is 6.03 Å². The Morgan fingerprint density at radius 1 is 0.976 bits per heavy atom. The Balaban J connectivity index is 1.25. The molecule has 2 saturated heterocycles. The Bertz CT molecular complexity index is 1450. The van der Waals surface area contributed by atoms with Crippen molar-refractivity contribution in [2.45, 2.75) is 31.7 Å². The minimum absolute atomic E-state index is 0.0192. The number of hydrogen-bond donors (Lipinski definition) is 1. The maximum absolute atomic E-state index is 14.0. The van der Waals surface area contributed by atoms with E-state index in [4.69, 9.17) is 4.74 Å². The van der Waals surface area contributed by atoms with Gasteiger partial charge in [-0.3, -0.25) is 14.6 Å². The summed E-state index contributed by atoms with van der Waals surface area (Å²) in [4.78, 5) is 46.3. The quantitative estimate of drug-likeness (QED) is 0.472. The van der Waals surface area contributed by atoms with Crippen molar-refractivity contribution >= 4 is 23.5 Å². The first-order valence-electron chi connectivity index (χ1n) is 14.3. The Kier molecular flexibility index (Phi) is 7.71. The van der Waals surface area contributed by atoms with Gasteiger partial charge in [0.15, 0.2) is 0 Å². The Morgan fingerprint density at radius 2 is 1.69 bits per heavy atom. The molecule has 3 heterocycles. The number of urea groups is 1. The van der Waals surface area contributed by atoms with Gasteiger partial charge in [0.2, 0.25) is 11.8 Å². The lowest BCUT2D eigenvalue weighted by Gasteiger charge is -2.45. The van der Waals surface area contributed by atoms with Crippen LogP contribution in [0, 0.1) is 0 Å². The van der Waals surface area contributed by atoms with Crippen LogP contribution in [0.15, 0.2) is 78.9 Å². The first-order valence-corrected chi connectivity index (χ1v) is 14.3. The number of carbonyl (C=O) groups excluding carboxylic acids is 3. The summed E-state index contributed by atoms with van der Waals surface area (Å²) in [5.41, 5.74) is 3.94. The zero-order valence-corrected chi connectivity index (χ0v) is 24.0. The lowest BCUT2D eigenvalue weighted by Crippen LogP contribution is -2.65. The number of ether oxygens (including phenoxy) is 1. The molecule has 3 aromatic rings. The number of likely N-dealkylation sites (N-methyl/N-ethyl adjacent to an activating group) is 1. The average Bonchev–Trinajstić information content (AvgIpc) is 3.34. The van der Waals surface area contributed by atoms with E-state index >= 15 is 0 Å². The molecule has 0 unspecified atom stereocenters. The molecule has 10 nitrogen and oxygen atoms in total. The number of anilines is 1. The van der Waals surface area contributed by atoms with Crippen LogP contribution in [0.4, 0.5) is 10.5 Å². The number of benzene rings is 3. The monoisotopic (exact) mass is 568 g/mol. The molecule has 3 aliphatic heterocycles. The first-order chi connectivity index (χ1) is 20.4. The van der Waals surface area contributed by atoms with Crippen molar-refractivity contribution in [3.63, 3.8) is 0 Å². The smallest absolute Gasteiger partial charge is 0.332 e. The van der Waals surface area contributed by atoms with Crippen molar-refractivity contribution in [2.24, 2.45) is 0 Å². The zero-order valence-electron chi connectivity index (χ0n) is 24.0. The Hall–Kier alpha value is -4.57. The number of hydrazine groups is 1. The third-order valence-corrected chi connectivity index (χ3v) is 8.30. The van der Waals surface area contributed by atoms with Gasteiger partial charge in [0.1, 0.15) is 24.6 Å². The van der Waals surface area contributed by atoms with Crippen LogP contribution in [0.2, 0.25) is 0 Å². The standard InChI is InChI=1S/C32H36N6O4/c1-34-15-16-42-28-18-25(13-14-26(28)34)20-36-21-29-37(35(2)32(41)33-19-24-11-7-4-8-12-24)22-30(39)38(29)27(31(36)40)17-23-9-5-3-6-10-23/h3-14,18,27,29H,15-17,19-22H2,1-2H3,(H,33,41)/t27-,29+/m0/s1. The summed E-state index contributed by atoms with van der Waals surface area (Å²) in [5, 5.41) is 6.19. The van der Waals surface area contributed by atoms with Gasteiger partial charge in [-0.2, -0.15) is 5.01 Å². The number of fused-ring (bicyclic) bond motifs is 2. The van der Waals surface area contributed by atoms with Crippen LogP contribution in [0.25, 0.3) is 0 Å². The summed E-state index contributed by atoms with van der Waals surface area (Å²) in [6.45, 7) is 2.49. The van der Waals surface area contributed by atoms with Gasteiger partial charge in [-0.15, -0.1) is 0 Å². The molecule has 0 radical (unpaired) electrons. The summed E-state index contributed by atoms with van der Waals surface area (Å²) in [6.07, 6.45) is -0.0785. The highest BCUT2D eigenvalue weighted by Crippen LogP contribution is 2.34. The van der Waals surface area contributed by atoms with E-state index in [-0.39, 0.29) is 30.9 Å². The Morgan fingerprint density at radius 3 is 2.43 bits per heavy atom. The van der Waals surface area contributed by atoms with Crippen molar-refractivity contribution in [3.8, 4) is 5.75 Å². The van der Waals surface area contributed by atoms with Crippen LogP contribution >= 0.6 is 0 Å². The molecule has 0 aromatic heterocycles. The Labute approximate surface area is 246 Å². The number of piperazine rings is 1. The summed E-state index contributed by atoms with van der Waals surface area (Å²) in [6, 6.07) is 24.5. The van der Waals surface area contributed by atoms with Gasteiger partial charge in [0, 0.05) is 33.6 Å². The topological polar surface area (TPSA) is 88.7 Å². The molecule has 42 heavy (non-hydrogen) atoms. The summed E-state index contributed by atoms with van der Waals surface area (Å²) < 4.78 is 5.91. The van der Waals surface area contributed by atoms with E-state index < -0.39 is 12.2 Å². The van der Waals surface area contributed by atoms with E-state index in [9.17, 15) is 14.4 Å². The molecular formula is C32H36N6O4. The van der Waals surface area contributed by atoms with E-state index in [0.717, 1.165) is 34.7 Å². The maximum Gasteiger partial charge on any atom is 0.332 e. The predicted octanol–water partition coefficient (Wildman–Crippen LogP) is 2.70. The van der Waals surface area contributed by atoms with Gasteiger partial charge in [-0.1, -0.05) is 66.7 Å². The number of rotatable bonds is 7. The average molecular weight is 569 g/mol. The van der Waals surface area contributed by atoms with Crippen molar-refractivity contribution < 1.29 is 19.1 Å². The fourth-order valence-electron chi connectivity index (χ4n) is 6.01. The van der Waals surface area contributed by atoms with E-state index in [0.29, 0.717) is 26.1 Å². The lowest BCUT2D eigenvalue weighted by atomic mass is 10.00. The molecule has 0 aliphatic carbocycles. The lowest BCUT2D eigenvalue weighted by molar-refractivity contribution is -0.157. The number of hydrogen-bond acceptors (Lipinski definition) is 6. The van der Waals surface area contributed by atoms with E-state index in [1.807, 2.05) is 90.8 Å². The van der Waals surface area contributed by atoms with E-state index in [1.54, 1.807) is 17.0 Å². The third-order valence-electron chi connectivity index (χ3n) is 8.30. The molecule has 2 atom stereocenters. The summed E-state index contributed by atoms with van der Waals surface area (Å²) in [7, 11) is 3.71. The van der Waals surface area contributed by atoms with Gasteiger partial charge in [0.05, 0.1) is 25.3 Å². The summed E-state index contributed by atoms with van der Waals surface area (Å²) >= 11 is 0. The molecule has 2 fully saturated rings. The zero-order chi connectivity index (χ0) is 29.2. The van der Waals surface area contributed by atoms with Crippen molar-refractivity contribution in [1.82, 2.24) is 25.1 Å². The van der Waals surface area contributed by atoms with Crippen molar-refractivity contribution in [1.29, 1.82) is 0 Å². The SMILES string of the molecule is CN1CCOc2cc(CN3C[C@H]4N(C(=O)CN4N(C)C(=O)NCc4ccccc4)[C@@H](Cc4ccccc4)C3=O)ccc21. The maximum atomic E-state index is 14.0. The second-order valence-electron chi connectivity index (χ2n) is 11.0. The van der Waals surface area contributed by atoms with E-state index in [1.165, 1.54) is 5.01 Å². The van der Waals surface area contributed by atoms with E-state index in [2.05, 4.69) is 10.2 Å². The predicted molar refractivity (Wildman–Crippen MR) is 158 cm³/mol. The minimum atomic E-state index is -0.676. The highest BCUT2D eigenvalue weighted by atomic mass is 16.5.